The first-order chi connectivity index (χ1) is 15.0. The lowest BCUT2D eigenvalue weighted by Crippen LogP contribution is -2.63. The number of likely N-dealkylation sites (tertiary alicyclic amines) is 1. The average Bonchev–Trinajstić information content (AvgIpc) is 3.33. The summed E-state index contributed by atoms with van der Waals surface area (Å²) in [5.74, 6) is 0.127. The molecule has 1 spiro atoms. The number of ether oxygens (including phenoxy) is 2. The molecule has 0 radical (unpaired) electrons. The van der Waals surface area contributed by atoms with E-state index in [0.29, 0.717) is 43.5 Å². The Morgan fingerprint density at radius 1 is 1.23 bits per heavy atom. The molecule has 1 amide bonds. The van der Waals surface area contributed by atoms with Gasteiger partial charge in [-0.25, -0.2) is 4.39 Å². The maximum Gasteiger partial charge on any atom is 0.275 e. The highest BCUT2D eigenvalue weighted by atomic mass is 19.1. The van der Waals surface area contributed by atoms with E-state index in [0.717, 1.165) is 23.7 Å². The topological polar surface area (TPSA) is 56.6 Å². The highest BCUT2D eigenvalue weighted by Gasteiger charge is 2.51. The molecule has 5 rings (SSSR count). The summed E-state index contributed by atoms with van der Waals surface area (Å²) in [5.41, 5.74) is 1.80. The SMILES string of the molecule is Cn1nc(C(=O)N2CC3(CC(CCOCc4ccccc4F)CO3)C2)c2ccccc21. The second-order valence-corrected chi connectivity index (χ2v) is 8.65. The standard InChI is InChI=1S/C24H26FN3O3/c1-27-21-9-5-3-7-19(21)22(26-27)23(29)28-15-24(16-28)12-17(13-31-24)10-11-30-14-18-6-2-4-8-20(18)25/h2-9,17H,10-16H2,1H3. The molecule has 7 heteroatoms. The van der Waals surface area contributed by atoms with Gasteiger partial charge in [0.1, 0.15) is 11.4 Å². The van der Waals surface area contributed by atoms with Crippen molar-refractivity contribution in [3.05, 3.63) is 65.6 Å². The zero-order valence-electron chi connectivity index (χ0n) is 17.6. The van der Waals surface area contributed by atoms with Gasteiger partial charge in [-0.1, -0.05) is 36.4 Å². The van der Waals surface area contributed by atoms with Crippen molar-refractivity contribution < 1.29 is 18.7 Å². The number of hydrogen-bond donors (Lipinski definition) is 0. The second-order valence-electron chi connectivity index (χ2n) is 8.65. The van der Waals surface area contributed by atoms with Gasteiger partial charge >= 0.3 is 0 Å². The molecule has 1 aromatic heterocycles. The Balaban J connectivity index is 1.11. The first kappa shape index (κ1) is 20.2. The number of amides is 1. The van der Waals surface area contributed by atoms with Crippen molar-refractivity contribution in [2.75, 3.05) is 26.3 Å². The van der Waals surface area contributed by atoms with E-state index in [2.05, 4.69) is 5.10 Å². The molecule has 2 saturated heterocycles. The van der Waals surface area contributed by atoms with Gasteiger partial charge in [0.15, 0.2) is 5.69 Å². The molecule has 2 aliphatic heterocycles. The number of nitrogens with zero attached hydrogens (tertiary/aromatic N) is 3. The van der Waals surface area contributed by atoms with E-state index in [1.165, 1.54) is 6.07 Å². The normalized spacial score (nSPS) is 19.8. The first-order valence-corrected chi connectivity index (χ1v) is 10.7. The van der Waals surface area contributed by atoms with Crippen molar-refractivity contribution in [3.63, 3.8) is 0 Å². The third-order valence-electron chi connectivity index (χ3n) is 6.38. The fourth-order valence-electron chi connectivity index (χ4n) is 4.71. The van der Waals surface area contributed by atoms with Crippen molar-refractivity contribution in [1.29, 1.82) is 0 Å². The first-order valence-electron chi connectivity index (χ1n) is 10.7. The van der Waals surface area contributed by atoms with Gasteiger partial charge in [-0.15, -0.1) is 0 Å². The van der Waals surface area contributed by atoms with Gasteiger partial charge < -0.3 is 14.4 Å². The van der Waals surface area contributed by atoms with E-state index >= 15 is 0 Å². The van der Waals surface area contributed by atoms with Crippen LogP contribution in [0.5, 0.6) is 0 Å². The van der Waals surface area contributed by atoms with E-state index in [-0.39, 0.29) is 23.9 Å². The van der Waals surface area contributed by atoms with Crippen LogP contribution in [0.3, 0.4) is 0 Å². The highest BCUT2D eigenvalue weighted by molar-refractivity contribution is 6.05. The highest BCUT2D eigenvalue weighted by Crippen LogP contribution is 2.40. The molecular formula is C24H26FN3O3. The van der Waals surface area contributed by atoms with Crippen LogP contribution in [0.15, 0.2) is 48.5 Å². The third-order valence-corrected chi connectivity index (χ3v) is 6.38. The van der Waals surface area contributed by atoms with E-state index < -0.39 is 0 Å². The molecule has 3 heterocycles. The molecule has 2 fully saturated rings. The van der Waals surface area contributed by atoms with Crippen molar-refractivity contribution in [2.45, 2.75) is 25.0 Å². The lowest BCUT2D eigenvalue weighted by Gasteiger charge is -2.46. The van der Waals surface area contributed by atoms with E-state index in [1.807, 2.05) is 42.3 Å². The van der Waals surface area contributed by atoms with Crippen LogP contribution >= 0.6 is 0 Å². The fraction of sp³-hybridized carbons (Fsp3) is 0.417. The number of aromatic nitrogens is 2. The van der Waals surface area contributed by atoms with E-state index in [9.17, 15) is 9.18 Å². The number of hydrogen-bond acceptors (Lipinski definition) is 4. The van der Waals surface area contributed by atoms with Crippen molar-refractivity contribution in [1.82, 2.24) is 14.7 Å². The lowest BCUT2D eigenvalue weighted by atomic mass is 9.86. The molecule has 3 aromatic rings. The smallest absolute Gasteiger partial charge is 0.275 e. The molecule has 0 aliphatic carbocycles. The number of halogens is 1. The number of benzene rings is 2. The predicted octanol–water partition coefficient (Wildman–Crippen LogP) is 3.55. The third kappa shape index (κ3) is 3.83. The summed E-state index contributed by atoms with van der Waals surface area (Å²) in [5, 5.41) is 5.33. The summed E-state index contributed by atoms with van der Waals surface area (Å²) in [6.45, 7) is 2.73. The largest absolute Gasteiger partial charge is 0.377 e. The summed E-state index contributed by atoms with van der Waals surface area (Å²) in [4.78, 5) is 14.8. The number of fused-ring (bicyclic) bond motifs is 1. The van der Waals surface area contributed by atoms with Gasteiger partial charge in [0, 0.05) is 24.6 Å². The van der Waals surface area contributed by atoms with Gasteiger partial charge in [0.25, 0.3) is 5.91 Å². The van der Waals surface area contributed by atoms with E-state index in [1.54, 1.807) is 16.8 Å². The van der Waals surface area contributed by atoms with Crippen LogP contribution in [0.25, 0.3) is 10.9 Å². The summed E-state index contributed by atoms with van der Waals surface area (Å²) in [6.07, 6.45) is 1.79. The fourth-order valence-corrected chi connectivity index (χ4v) is 4.71. The van der Waals surface area contributed by atoms with Gasteiger partial charge in [-0.05, 0) is 30.9 Å². The maximum absolute atomic E-state index is 13.6. The summed E-state index contributed by atoms with van der Waals surface area (Å²) < 4.78 is 27.2. The monoisotopic (exact) mass is 423 g/mol. The van der Waals surface area contributed by atoms with Crippen LogP contribution in [0.2, 0.25) is 0 Å². The lowest BCUT2D eigenvalue weighted by molar-refractivity contribution is -0.0951. The molecule has 2 aromatic carbocycles. The summed E-state index contributed by atoms with van der Waals surface area (Å²) >= 11 is 0. The predicted molar refractivity (Wildman–Crippen MR) is 114 cm³/mol. The molecule has 31 heavy (non-hydrogen) atoms. The maximum atomic E-state index is 13.6. The molecule has 0 saturated carbocycles. The van der Waals surface area contributed by atoms with Crippen molar-refractivity contribution in [2.24, 2.45) is 13.0 Å². The van der Waals surface area contributed by atoms with E-state index in [4.69, 9.17) is 9.47 Å². The van der Waals surface area contributed by atoms with Crippen LogP contribution in [0, 0.1) is 11.7 Å². The Morgan fingerprint density at radius 3 is 2.84 bits per heavy atom. The molecule has 1 atom stereocenters. The molecule has 0 N–H and O–H groups in total. The van der Waals surface area contributed by atoms with Gasteiger partial charge in [-0.2, -0.15) is 5.10 Å². The quantitative estimate of drug-likeness (QED) is 0.569. The summed E-state index contributed by atoms with van der Waals surface area (Å²) in [6, 6.07) is 14.5. The Morgan fingerprint density at radius 2 is 2.00 bits per heavy atom. The Kier molecular flexibility index (Phi) is 5.24. The van der Waals surface area contributed by atoms with Crippen LogP contribution < -0.4 is 0 Å². The second kappa shape index (κ2) is 8.05. The summed E-state index contributed by atoms with van der Waals surface area (Å²) in [7, 11) is 1.86. The number of rotatable bonds is 6. The molecule has 162 valence electrons. The van der Waals surface area contributed by atoms with Gasteiger partial charge in [-0.3, -0.25) is 9.48 Å². The minimum absolute atomic E-state index is 0.0392. The Bertz CT molecular complexity index is 1110. The van der Waals surface area contributed by atoms with Crippen LogP contribution in [0.4, 0.5) is 4.39 Å². The zero-order valence-corrected chi connectivity index (χ0v) is 17.6. The number of para-hydroxylation sites is 1. The molecule has 2 aliphatic rings. The molecule has 1 unspecified atom stereocenters. The number of carbonyl (C=O) groups is 1. The van der Waals surface area contributed by atoms with Crippen LogP contribution in [0.1, 0.15) is 28.9 Å². The average molecular weight is 423 g/mol. The minimum atomic E-state index is -0.240. The Hall–Kier alpha value is -2.77. The van der Waals surface area contributed by atoms with Crippen molar-refractivity contribution >= 4 is 16.8 Å². The van der Waals surface area contributed by atoms with Crippen LogP contribution in [-0.4, -0.2) is 52.5 Å². The van der Waals surface area contributed by atoms with Gasteiger partial charge in [0.2, 0.25) is 0 Å². The number of carbonyl (C=O) groups excluding carboxylic acids is 1. The molecule has 6 nitrogen and oxygen atoms in total. The molecule has 0 bridgehead atoms. The minimum Gasteiger partial charge on any atom is -0.377 e. The zero-order chi connectivity index (χ0) is 21.4. The van der Waals surface area contributed by atoms with Crippen molar-refractivity contribution in [3.8, 4) is 0 Å². The molecular weight excluding hydrogens is 397 g/mol. The van der Waals surface area contributed by atoms with Crippen LogP contribution in [-0.2, 0) is 23.1 Å². The van der Waals surface area contributed by atoms with Gasteiger partial charge in [0.05, 0.1) is 31.8 Å². The Labute approximate surface area is 180 Å². The number of aryl methyl sites for hydroxylation is 1.